The van der Waals surface area contributed by atoms with Gasteiger partial charge in [-0.05, 0) is 42.1 Å². The highest BCUT2D eigenvalue weighted by atomic mass is 32.2. The van der Waals surface area contributed by atoms with Gasteiger partial charge in [-0.15, -0.1) is 11.3 Å². The van der Waals surface area contributed by atoms with Crippen molar-refractivity contribution in [1.82, 2.24) is 0 Å². The van der Waals surface area contributed by atoms with Crippen molar-refractivity contribution in [1.29, 1.82) is 0 Å². The standard InChI is InChI=1S/C15H16N2O5S2/c16-24(20,21)13-6-3-11(4-7-13)17-14(18)10-22-15(19)8-5-12-2-1-9-23-12/h1-4,6-7,9H,5,8,10H2,(H,17,18)(H2,16,20,21). The van der Waals surface area contributed by atoms with E-state index in [0.29, 0.717) is 12.1 Å². The summed E-state index contributed by atoms with van der Waals surface area (Å²) < 4.78 is 27.1. The minimum atomic E-state index is -3.78. The Morgan fingerprint density at radius 2 is 1.88 bits per heavy atom. The van der Waals surface area contributed by atoms with E-state index in [4.69, 9.17) is 9.88 Å². The predicted molar refractivity (Wildman–Crippen MR) is 90.0 cm³/mol. The third kappa shape index (κ3) is 5.76. The van der Waals surface area contributed by atoms with E-state index in [1.165, 1.54) is 24.3 Å². The van der Waals surface area contributed by atoms with Crippen molar-refractivity contribution in [2.45, 2.75) is 17.7 Å². The van der Waals surface area contributed by atoms with Gasteiger partial charge in [0.05, 0.1) is 11.3 Å². The molecule has 128 valence electrons. The van der Waals surface area contributed by atoms with Gasteiger partial charge >= 0.3 is 5.97 Å². The normalized spacial score (nSPS) is 11.0. The lowest BCUT2D eigenvalue weighted by atomic mass is 10.3. The summed E-state index contributed by atoms with van der Waals surface area (Å²) in [7, 11) is -3.78. The number of hydrogen-bond acceptors (Lipinski definition) is 6. The van der Waals surface area contributed by atoms with E-state index in [9.17, 15) is 18.0 Å². The number of carbonyl (C=O) groups excluding carboxylic acids is 2. The lowest BCUT2D eigenvalue weighted by Crippen LogP contribution is -2.21. The number of amides is 1. The molecular weight excluding hydrogens is 352 g/mol. The topological polar surface area (TPSA) is 116 Å². The Morgan fingerprint density at radius 1 is 1.17 bits per heavy atom. The minimum Gasteiger partial charge on any atom is -0.456 e. The van der Waals surface area contributed by atoms with Crippen molar-refractivity contribution in [2.24, 2.45) is 5.14 Å². The molecule has 2 aromatic rings. The lowest BCUT2D eigenvalue weighted by Gasteiger charge is -2.07. The van der Waals surface area contributed by atoms with Gasteiger partial charge in [0, 0.05) is 10.6 Å². The molecule has 0 unspecified atom stereocenters. The number of benzene rings is 1. The number of rotatable bonds is 7. The fourth-order valence-electron chi connectivity index (χ4n) is 1.82. The molecule has 9 heteroatoms. The summed E-state index contributed by atoms with van der Waals surface area (Å²) >= 11 is 1.56. The number of ether oxygens (including phenoxy) is 1. The minimum absolute atomic E-state index is 0.0551. The van der Waals surface area contributed by atoms with Crippen LogP contribution in [-0.4, -0.2) is 26.9 Å². The van der Waals surface area contributed by atoms with E-state index >= 15 is 0 Å². The summed E-state index contributed by atoms with van der Waals surface area (Å²) in [5.74, 6) is -0.967. The van der Waals surface area contributed by atoms with Crippen LogP contribution < -0.4 is 10.5 Å². The first-order valence-electron chi connectivity index (χ1n) is 6.95. The van der Waals surface area contributed by atoms with E-state index in [0.717, 1.165) is 4.88 Å². The van der Waals surface area contributed by atoms with Crippen molar-refractivity contribution in [2.75, 3.05) is 11.9 Å². The van der Waals surface area contributed by atoms with E-state index in [-0.39, 0.29) is 11.3 Å². The number of nitrogens with two attached hydrogens (primary N) is 1. The molecule has 0 atom stereocenters. The van der Waals surface area contributed by atoms with Crippen LogP contribution in [0.25, 0.3) is 0 Å². The second-order valence-corrected chi connectivity index (χ2v) is 7.45. The van der Waals surface area contributed by atoms with Gasteiger partial charge < -0.3 is 10.1 Å². The van der Waals surface area contributed by atoms with Gasteiger partial charge in [-0.3, -0.25) is 9.59 Å². The Kier molecular flexibility index (Phi) is 6.07. The summed E-state index contributed by atoms with van der Waals surface area (Å²) in [4.78, 5) is 24.3. The average Bonchev–Trinajstić information content (AvgIpc) is 3.04. The van der Waals surface area contributed by atoms with Crippen LogP contribution in [0.5, 0.6) is 0 Å². The van der Waals surface area contributed by atoms with Crippen molar-refractivity contribution in [3.63, 3.8) is 0 Å². The first-order chi connectivity index (χ1) is 11.3. The predicted octanol–water partition coefficient (Wildman–Crippen LogP) is 1.51. The number of aryl methyl sites for hydroxylation is 1. The Bertz CT molecular complexity index is 799. The number of hydrogen-bond donors (Lipinski definition) is 2. The largest absolute Gasteiger partial charge is 0.456 e. The molecule has 1 aromatic carbocycles. The number of thiophene rings is 1. The third-order valence-electron chi connectivity index (χ3n) is 2.99. The van der Waals surface area contributed by atoms with Crippen molar-refractivity contribution in [3.8, 4) is 0 Å². The third-order valence-corrected chi connectivity index (χ3v) is 4.85. The Balaban J connectivity index is 1.75. The van der Waals surface area contributed by atoms with Gasteiger partial charge in [0.15, 0.2) is 6.61 Å². The molecule has 24 heavy (non-hydrogen) atoms. The van der Waals surface area contributed by atoms with E-state index in [1.807, 2.05) is 17.5 Å². The molecule has 0 spiro atoms. The highest BCUT2D eigenvalue weighted by molar-refractivity contribution is 7.89. The number of sulfonamides is 1. The van der Waals surface area contributed by atoms with Gasteiger partial charge in [0.25, 0.3) is 5.91 Å². The molecule has 7 nitrogen and oxygen atoms in total. The second kappa shape index (κ2) is 8.04. The zero-order chi connectivity index (χ0) is 17.6. The van der Waals surface area contributed by atoms with E-state index in [1.54, 1.807) is 11.3 Å². The molecule has 0 saturated heterocycles. The zero-order valence-corrected chi connectivity index (χ0v) is 14.2. The fourth-order valence-corrected chi connectivity index (χ4v) is 3.05. The van der Waals surface area contributed by atoms with Crippen LogP contribution in [0.2, 0.25) is 0 Å². The van der Waals surface area contributed by atoms with E-state index in [2.05, 4.69) is 5.32 Å². The fraction of sp³-hybridized carbons (Fsp3) is 0.200. The maximum atomic E-state index is 11.7. The van der Waals surface area contributed by atoms with Crippen LogP contribution in [-0.2, 0) is 30.8 Å². The first-order valence-corrected chi connectivity index (χ1v) is 9.38. The number of esters is 1. The van der Waals surface area contributed by atoms with Crippen LogP contribution in [0, 0.1) is 0 Å². The average molecular weight is 368 g/mol. The maximum absolute atomic E-state index is 11.7. The second-order valence-electron chi connectivity index (χ2n) is 4.86. The van der Waals surface area contributed by atoms with Crippen LogP contribution in [0.1, 0.15) is 11.3 Å². The van der Waals surface area contributed by atoms with Gasteiger partial charge in [0.2, 0.25) is 10.0 Å². The monoisotopic (exact) mass is 368 g/mol. The Morgan fingerprint density at radius 3 is 2.46 bits per heavy atom. The molecule has 1 aromatic heterocycles. The first kappa shape index (κ1) is 18.1. The number of primary sulfonamides is 1. The van der Waals surface area contributed by atoms with Crippen molar-refractivity contribution >= 4 is 38.9 Å². The van der Waals surface area contributed by atoms with Gasteiger partial charge in [-0.1, -0.05) is 6.07 Å². The van der Waals surface area contributed by atoms with Crippen molar-refractivity contribution < 1.29 is 22.7 Å². The van der Waals surface area contributed by atoms with Gasteiger partial charge in [-0.2, -0.15) is 0 Å². The van der Waals surface area contributed by atoms with Gasteiger partial charge in [-0.25, -0.2) is 13.6 Å². The molecule has 0 fully saturated rings. The van der Waals surface area contributed by atoms with Crippen LogP contribution in [0.15, 0.2) is 46.7 Å². The highest BCUT2D eigenvalue weighted by Crippen LogP contribution is 2.13. The van der Waals surface area contributed by atoms with Crippen LogP contribution >= 0.6 is 11.3 Å². The molecule has 0 aliphatic carbocycles. The molecule has 1 heterocycles. The molecule has 1 amide bonds. The Hall–Kier alpha value is -2.23. The lowest BCUT2D eigenvalue weighted by molar-refractivity contribution is -0.147. The number of carbonyl (C=O) groups is 2. The molecular formula is C15H16N2O5S2. The summed E-state index contributed by atoms with van der Waals surface area (Å²) in [6.07, 6.45) is 0.782. The molecule has 3 N–H and O–H groups in total. The summed E-state index contributed by atoms with van der Waals surface area (Å²) in [5.41, 5.74) is 0.377. The zero-order valence-electron chi connectivity index (χ0n) is 12.6. The molecule has 0 bridgehead atoms. The molecule has 0 aliphatic heterocycles. The van der Waals surface area contributed by atoms with E-state index < -0.39 is 28.5 Å². The molecule has 2 rings (SSSR count). The maximum Gasteiger partial charge on any atom is 0.306 e. The molecule has 0 radical (unpaired) electrons. The molecule has 0 aliphatic rings. The quantitative estimate of drug-likeness (QED) is 0.719. The highest BCUT2D eigenvalue weighted by Gasteiger charge is 2.10. The summed E-state index contributed by atoms with van der Waals surface area (Å²) in [6.45, 7) is -0.403. The van der Waals surface area contributed by atoms with Crippen LogP contribution in [0.4, 0.5) is 5.69 Å². The van der Waals surface area contributed by atoms with Crippen LogP contribution in [0.3, 0.4) is 0 Å². The van der Waals surface area contributed by atoms with Gasteiger partial charge in [0.1, 0.15) is 0 Å². The number of anilines is 1. The SMILES string of the molecule is NS(=O)(=O)c1ccc(NC(=O)COC(=O)CCc2cccs2)cc1. The molecule has 0 saturated carbocycles. The smallest absolute Gasteiger partial charge is 0.306 e. The van der Waals surface area contributed by atoms with Crippen molar-refractivity contribution in [3.05, 3.63) is 46.7 Å². The summed E-state index contributed by atoms with van der Waals surface area (Å²) in [6, 6.07) is 9.18. The Labute approximate surface area is 143 Å². The summed E-state index contributed by atoms with van der Waals surface area (Å²) in [5, 5.41) is 9.40. The number of nitrogens with one attached hydrogen (secondary N) is 1.